The molecule has 18 heavy (non-hydrogen) atoms. The highest BCUT2D eigenvalue weighted by Crippen LogP contribution is 2.26. The molecule has 1 aromatic carbocycles. The first-order chi connectivity index (χ1) is 8.21. The summed E-state index contributed by atoms with van der Waals surface area (Å²) in [7, 11) is -3.47. The van der Waals surface area contributed by atoms with E-state index in [1.54, 1.807) is 19.1 Å². The Morgan fingerprint density at radius 2 is 1.83 bits per heavy atom. The van der Waals surface area contributed by atoms with E-state index in [0.29, 0.717) is 22.7 Å². The van der Waals surface area contributed by atoms with Crippen molar-refractivity contribution in [3.63, 3.8) is 0 Å². The summed E-state index contributed by atoms with van der Waals surface area (Å²) in [6, 6.07) is 3.41. The van der Waals surface area contributed by atoms with Crippen molar-refractivity contribution in [3.05, 3.63) is 23.3 Å². The monoisotopic (exact) mass is 270 g/mol. The Morgan fingerprint density at radius 1 is 1.28 bits per heavy atom. The number of hydrogen-bond acceptors (Lipinski definition) is 3. The van der Waals surface area contributed by atoms with Crippen LogP contribution in [0.5, 0.6) is 0 Å². The standard InChI is InChI=1S/C13H22N2O2S/c1-6-15(9(2)3)18(16,17)13-8-10(4)7-12(14)11(13)5/h7-9H,6,14H2,1-5H3. The first kappa shape index (κ1) is 15.0. The third kappa shape index (κ3) is 2.67. The second-order valence-electron chi connectivity index (χ2n) is 4.78. The molecule has 0 heterocycles. The number of anilines is 1. The van der Waals surface area contributed by atoms with Crippen LogP contribution in [-0.2, 0) is 10.0 Å². The number of hydrogen-bond donors (Lipinski definition) is 1. The molecule has 0 aliphatic carbocycles. The SMILES string of the molecule is CCN(C(C)C)S(=O)(=O)c1cc(C)cc(N)c1C. The van der Waals surface area contributed by atoms with E-state index in [9.17, 15) is 8.42 Å². The molecule has 0 saturated heterocycles. The number of nitrogens with zero attached hydrogens (tertiary/aromatic N) is 1. The number of sulfonamides is 1. The zero-order valence-electron chi connectivity index (χ0n) is 11.7. The highest BCUT2D eigenvalue weighted by molar-refractivity contribution is 7.89. The highest BCUT2D eigenvalue weighted by Gasteiger charge is 2.27. The first-order valence-corrected chi connectivity index (χ1v) is 7.54. The minimum absolute atomic E-state index is 0.0684. The van der Waals surface area contributed by atoms with Crippen molar-refractivity contribution in [2.45, 2.75) is 45.6 Å². The molecule has 0 unspecified atom stereocenters. The lowest BCUT2D eigenvalue weighted by molar-refractivity contribution is 0.369. The topological polar surface area (TPSA) is 63.4 Å². The molecule has 0 aromatic heterocycles. The van der Waals surface area contributed by atoms with E-state index in [1.165, 1.54) is 4.31 Å². The van der Waals surface area contributed by atoms with Gasteiger partial charge in [0, 0.05) is 18.3 Å². The quantitative estimate of drug-likeness (QED) is 0.854. The molecule has 1 aromatic rings. The van der Waals surface area contributed by atoms with Gasteiger partial charge in [-0.25, -0.2) is 8.42 Å². The molecular weight excluding hydrogens is 248 g/mol. The van der Waals surface area contributed by atoms with Gasteiger partial charge >= 0.3 is 0 Å². The van der Waals surface area contributed by atoms with Gasteiger partial charge < -0.3 is 5.73 Å². The molecule has 0 atom stereocenters. The fraction of sp³-hybridized carbons (Fsp3) is 0.538. The maximum absolute atomic E-state index is 12.6. The van der Waals surface area contributed by atoms with Crippen molar-refractivity contribution in [2.75, 3.05) is 12.3 Å². The van der Waals surface area contributed by atoms with E-state index < -0.39 is 10.0 Å². The summed E-state index contributed by atoms with van der Waals surface area (Å²) < 4.78 is 26.7. The van der Waals surface area contributed by atoms with Crippen LogP contribution < -0.4 is 5.73 Å². The lowest BCUT2D eigenvalue weighted by atomic mass is 10.1. The summed E-state index contributed by atoms with van der Waals surface area (Å²) in [5.74, 6) is 0. The second-order valence-corrected chi connectivity index (χ2v) is 6.64. The Balaban J connectivity index is 3.46. The summed E-state index contributed by atoms with van der Waals surface area (Å²) in [4.78, 5) is 0.315. The number of nitrogens with two attached hydrogens (primary N) is 1. The van der Waals surface area contributed by atoms with Gasteiger partial charge in [0.1, 0.15) is 0 Å². The molecule has 102 valence electrons. The fourth-order valence-electron chi connectivity index (χ4n) is 2.06. The Bertz CT molecular complexity index is 536. The van der Waals surface area contributed by atoms with Gasteiger partial charge in [-0.3, -0.25) is 0 Å². The highest BCUT2D eigenvalue weighted by atomic mass is 32.2. The molecule has 0 spiro atoms. The van der Waals surface area contributed by atoms with Crippen LogP contribution in [0, 0.1) is 13.8 Å². The Labute approximate surface area is 110 Å². The predicted molar refractivity (Wildman–Crippen MR) is 75.0 cm³/mol. The first-order valence-electron chi connectivity index (χ1n) is 6.10. The normalized spacial score (nSPS) is 12.4. The van der Waals surface area contributed by atoms with E-state index in [-0.39, 0.29) is 6.04 Å². The maximum atomic E-state index is 12.6. The van der Waals surface area contributed by atoms with Gasteiger partial charge in [0.15, 0.2) is 0 Å². The average molecular weight is 270 g/mol. The molecule has 0 aliphatic rings. The van der Waals surface area contributed by atoms with Crippen molar-refractivity contribution < 1.29 is 8.42 Å². The van der Waals surface area contributed by atoms with Crippen LogP contribution in [0.3, 0.4) is 0 Å². The summed E-state index contributed by atoms with van der Waals surface area (Å²) >= 11 is 0. The summed E-state index contributed by atoms with van der Waals surface area (Å²) in [6.45, 7) is 9.63. The third-order valence-corrected chi connectivity index (χ3v) is 5.30. The van der Waals surface area contributed by atoms with Gasteiger partial charge in [-0.1, -0.05) is 6.92 Å². The second kappa shape index (κ2) is 5.28. The minimum atomic E-state index is -3.47. The van der Waals surface area contributed by atoms with E-state index >= 15 is 0 Å². The van der Waals surface area contributed by atoms with Crippen molar-refractivity contribution in [3.8, 4) is 0 Å². The zero-order valence-corrected chi connectivity index (χ0v) is 12.5. The lowest BCUT2D eigenvalue weighted by Crippen LogP contribution is -2.37. The van der Waals surface area contributed by atoms with E-state index in [2.05, 4.69) is 0 Å². The molecule has 0 aliphatic heterocycles. The van der Waals surface area contributed by atoms with Crippen LogP contribution in [-0.4, -0.2) is 25.3 Å². The molecule has 2 N–H and O–H groups in total. The zero-order chi connectivity index (χ0) is 14.1. The molecule has 0 amide bonds. The number of rotatable bonds is 4. The van der Waals surface area contributed by atoms with Gasteiger partial charge in [-0.15, -0.1) is 0 Å². The van der Waals surface area contributed by atoms with E-state index in [0.717, 1.165) is 5.56 Å². The van der Waals surface area contributed by atoms with Gasteiger partial charge in [0.2, 0.25) is 10.0 Å². The molecule has 0 saturated carbocycles. The van der Waals surface area contributed by atoms with Gasteiger partial charge in [-0.2, -0.15) is 4.31 Å². The minimum Gasteiger partial charge on any atom is -0.398 e. The summed E-state index contributed by atoms with van der Waals surface area (Å²) in [5.41, 5.74) is 7.86. The number of aryl methyl sites for hydroxylation is 1. The molecule has 1 rings (SSSR count). The van der Waals surface area contributed by atoms with Crippen LogP contribution in [0.1, 0.15) is 31.9 Å². The van der Waals surface area contributed by atoms with Crippen LogP contribution in [0.2, 0.25) is 0 Å². The Kier molecular flexibility index (Phi) is 4.40. The summed E-state index contributed by atoms with van der Waals surface area (Å²) in [5, 5.41) is 0. The van der Waals surface area contributed by atoms with Crippen LogP contribution in [0.25, 0.3) is 0 Å². The average Bonchev–Trinajstić information content (AvgIpc) is 2.23. The molecule has 0 bridgehead atoms. The predicted octanol–water partition coefficient (Wildman–Crippen LogP) is 2.30. The Hall–Kier alpha value is -1.07. The van der Waals surface area contributed by atoms with Gasteiger partial charge in [-0.05, 0) is 51.0 Å². The van der Waals surface area contributed by atoms with Gasteiger partial charge in [0.05, 0.1) is 4.90 Å². The fourth-order valence-corrected chi connectivity index (χ4v) is 4.05. The van der Waals surface area contributed by atoms with E-state index in [1.807, 2.05) is 27.7 Å². The van der Waals surface area contributed by atoms with Crippen molar-refractivity contribution >= 4 is 15.7 Å². The third-order valence-electron chi connectivity index (χ3n) is 3.02. The van der Waals surface area contributed by atoms with Crippen molar-refractivity contribution in [2.24, 2.45) is 0 Å². The van der Waals surface area contributed by atoms with Crippen LogP contribution in [0.15, 0.2) is 17.0 Å². The molecular formula is C13H22N2O2S. The molecule has 5 heteroatoms. The number of nitrogen functional groups attached to an aromatic ring is 1. The maximum Gasteiger partial charge on any atom is 0.243 e. The molecule has 0 radical (unpaired) electrons. The van der Waals surface area contributed by atoms with Crippen molar-refractivity contribution in [1.82, 2.24) is 4.31 Å². The molecule has 4 nitrogen and oxygen atoms in total. The molecule has 0 fully saturated rings. The van der Waals surface area contributed by atoms with Crippen LogP contribution in [0.4, 0.5) is 5.69 Å². The van der Waals surface area contributed by atoms with Gasteiger partial charge in [0.25, 0.3) is 0 Å². The summed E-state index contributed by atoms with van der Waals surface area (Å²) in [6.07, 6.45) is 0. The van der Waals surface area contributed by atoms with E-state index in [4.69, 9.17) is 5.73 Å². The number of benzene rings is 1. The Morgan fingerprint density at radius 3 is 2.28 bits per heavy atom. The lowest BCUT2D eigenvalue weighted by Gasteiger charge is -2.25. The largest absolute Gasteiger partial charge is 0.398 e. The van der Waals surface area contributed by atoms with Crippen LogP contribution >= 0.6 is 0 Å². The smallest absolute Gasteiger partial charge is 0.243 e. The van der Waals surface area contributed by atoms with Crippen molar-refractivity contribution in [1.29, 1.82) is 0 Å².